The van der Waals surface area contributed by atoms with Crippen LogP contribution in [0.4, 0.5) is 5.69 Å². The summed E-state index contributed by atoms with van der Waals surface area (Å²) in [6.45, 7) is 2.80. The Kier molecular flexibility index (Phi) is 4.05. The maximum Gasteiger partial charge on any atom is 0.123 e. The van der Waals surface area contributed by atoms with E-state index in [4.69, 9.17) is 4.74 Å². The van der Waals surface area contributed by atoms with Gasteiger partial charge in [0, 0.05) is 29.6 Å². The Morgan fingerprint density at radius 1 is 1.17 bits per heavy atom. The van der Waals surface area contributed by atoms with Gasteiger partial charge in [0.1, 0.15) is 5.75 Å². The van der Waals surface area contributed by atoms with Crippen molar-refractivity contribution in [3.63, 3.8) is 0 Å². The maximum absolute atomic E-state index is 9.84. The molecular formula is C15H19NO2. The largest absolute Gasteiger partial charge is 0.507 e. The van der Waals surface area contributed by atoms with Gasteiger partial charge in [-0.2, -0.15) is 0 Å². The second-order valence-corrected chi connectivity index (χ2v) is 4.38. The lowest BCUT2D eigenvalue weighted by molar-refractivity contribution is 0.184. The van der Waals surface area contributed by atoms with Crippen LogP contribution in [0, 0.1) is 0 Å². The van der Waals surface area contributed by atoms with Crippen molar-refractivity contribution in [1.29, 1.82) is 0 Å². The molecule has 0 radical (unpaired) electrons. The van der Waals surface area contributed by atoms with Crippen LogP contribution in [-0.4, -0.2) is 24.9 Å². The minimum Gasteiger partial charge on any atom is -0.507 e. The van der Waals surface area contributed by atoms with Gasteiger partial charge in [-0.25, -0.2) is 0 Å². The van der Waals surface area contributed by atoms with Gasteiger partial charge in [0.25, 0.3) is 0 Å². The SMILES string of the molecule is CCC(COC)Nc1cccc2c(O)cccc12. The Hall–Kier alpha value is -1.74. The van der Waals surface area contributed by atoms with Crippen LogP contribution in [0.2, 0.25) is 0 Å². The third kappa shape index (κ3) is 2.57. The summed E-state index contributed by atoms with van der Waals surface area (Å²) >= 11 is 0. The predicted molar refractivity (Wildman–Crippen MR) is 75.2 cm³/mol. The van der Waals surface area contributed by atoms with Gasteiger partial charge in [0.2, 0.25) is 0 Å². The molecule has 0 spiro atoms. The van der Waals surface area contributed by atoms with Crippen LogP contribution in [0.15, 0.2) is 36.4 Å². The Morgan fingerprint density at radius 2 is 1.89 bits per heavy atom. The molecule has 2 aromatic rings. The molecule has 0 heterocycles. The molecule has 2 aromatic carbocycles. The highest BCUT2D eigenvalue weighted by Crippen LogP contribution is 2.30. The molecule has 2 N–H and O–H groups in total. The summed E-state index contributed by atoms with van der Waals surface area (Å²) in [6.07, 6.45) is 0.989. The van der Waals surface area contributed by atoms with Crippen molar-refractivity contribution in [2.45, 2.75) is 19.4 Å². The average molecular weight is 245 g/mol. The van der Waals surface area contributed by atoms with E-state index in [-0.39, 0.29) is 6.04 Å². The quantitative estimate of drug-likeness (QED) is 0.848. The summed E-state index contributed by atoms with van der Waals surface area (Å²) in [5, 5.41) is 15.2. The smallest absolute Gasteiger partial charge is 0.123 e. The molecule has 0 fully saturated rings. The number of aromatic hydroxyl groups is 1. The first-order valence-corrected chi connectivity index (χ1v) is 6.22. The maximum atomic E-state index is 9.84. The van der Waals surface area contributed by atoms with Crippen molar-refractivity contribution in [3.8, 4) is 5.75 Å². The first-order chi connectivity index (χ1) is 8.76. The number of hydrogen-bond acceptors (Lipinski definition) is 3. The van der Waals surface area contributed by atoms with Gasteiger partial charge >= 0.3 is 0 Å². The third-order valence-electron chi connectivity index (χ3n) is 3.12. The molecule has 3 nitrogen and oxygen atoms in total. The van der Waals surface area contributed by atoms with Crippen molar-refractivity contribution in [3.05, 3.63) is 36.4 Å². The standard InChI is InChI=1S/C15H19NO2/c1-3-11(10-18-2)16-14-8-4-7-13-12(14)6-5-9-15(13)17/h4-9,11,16-17H,3,10H2,1-2H3. The van der Waals surface area contributed by atoms with Crippen LogP contribution in [0.5, 0.6) is 5.75 Å². The lowest BCUT2D eigenvalue weighted by atomic mass is 10.1. The number of phenolic OH excluding ortho intramolecular Hbond substituents is 1. The van der Waals surface area contributed by atoms with E-state index in [1.54, 1.807) is 13.2 Å². The van der Waals surface area contributed by atoms with Crippen LogP contribution >= 0.6 is 0 Å². The average Bonchev–Trinajstić information content (AvgIpc) is 2.39. The summed E-state index contributed by atoms with van der Waals surface area (Å²) in [4.78, 5) is 0. The van der Waals surface area contributed by atoms with E-state index in [1.807, 2.05) is 30.3 Å². The number of methoxy groups -OCH3 is 1. The fourth-order valence-corrected chi connectivity index (χ4v) is 2.10. The van der Waals surface area contributed by atoms with Crippen molar-refractivity contribution < 1.29 is 9.84 Å². The summed E-state index contributed by atoms with van der Waals surface area (Å²) in [6, 6.07) is 11.8. The number of ether oxygens (including phenoxy) is 1. The number of fused-ring (bicyclic) bond motifs is 1. The molecule has 96 valence electrons. The minimum atomic E-state index is 0.281. The Morgan fingerprint density at radius 3 is 2.61 bits per heavy atom. The predicted octanol–water partition coefficient (Wildman–Crippen LogP) is 3.38. The van der Waals surface area contributed by atoms with Gasteiger partial charge in [-0.05, 0) is 18.6 Å². The van der Waals surface area contributed by atoms with Crippen molar-refractivity contribution >= 4 is 16.5 Å². The zero-order valence-corrected chi connectivity index (χ0v) is 10.8. The lowest BCUT2D eigenvalue weighted by Gasteiger charge is -2.19. The molecule has 3 heteroatoms. The van der Waals surface area contributed by atoms with Gasteiger partial charge in [-0.3, -0.25) is 0 Å². The van der Waals surface area contributed by atoms with E-state index >= 15 is 0 Å². The molecule has 0 saturated heterocycles. The van der Waals surface area contributed by atoms with E-state index < -0.39 is 0 Å². The molecule has 1 unspecified atom stereocenters. The Bertz CT molecular complexity index is 525. The van der Waals surface area contributed by atoms with E-state index in [2.05, 4.69) is 12.2 Å². The van der Waals surface area contributed by atoms with Gasteiger partial charge < -0.3 is 15.2 Å². The molecule has 1 atom stereocenters. The highest BCUT2D eigenvalue weighted by molar-refractivity contribution is 5.97. The van der Waals surface area contributed by atoms with E-state index in [0.29, 0.717) is 12.4 Å². The third-order valence-corrected chi connectivity index (χ3v) is 3.12. The van der Waals surface area contributed by atoms with Gasteiger partial charge in [-0.15, -0.1) is 0 Å². The van der Waals surface area contributed by atoms with Crippen LogP contribution in [0.1, 0.15) is 13.3 Å². The number of anilines is 1. The summed E-state index contributed by atoms with van der Waals surface area (Å²) in [5.74, 6) is 0.316. The first kappa shape index (κ1) is 12.7. The fourth-order valence-electron chi connectivity index (χ4n) is 2.10. The molecule has 2 rings (SSSR count). The zero-order valence-electron chi connectivity index (χ0n) is 10.8. The summed E-state index contributed by atoms with van der Waals surface area (Å²) < 4.78 is 5.19. The number of benzene rings is 2. The second kappa shape index (κ2) is 5.74. The monoisotopic (exact) mass is 245 g/mol. The van der Waals surface area contributed by atoms with E-state index in [0.717, 1.165) is 22.9 Å². The fraction of sp³-hybridized carbons (Fsp3) is 0.333. The molecule has 0 aromatic heterocycles. The van der Waals surface area contributed by atoms with Gasteiger partial charge in [0.15, 0.2) is 0 Å². The van der Waals surface area contributed by atoms with Crippen LogP contribution in [0.3, 0.4) is 0 Å². The molecular weight excluding hydrogens is 226 g/mol. The highest BCUT2D eigenvalue weighted by Gasteiger charge is 2.08. The normalized spacial score (nSPS) is 12.6. The minimum absolute atomic E-state index is 0.281. The van der Waals surface area contributed by atoms with E-state index in [9.17, 15) is 5.11 Å². The number of nitrogens with one attached hydrogen (secondary N) is 1. The topological polar surface area (TPSA) is 41.5 Å². The second-order valence-electron chi connectivity index (χ2n) is 4.38. The number of rotatable bonds is 5. The first-order valence-electron chi connectivity index (χ1n) is 6.22. The molecule has 0 saturated carbocycles. The highest BCUT2D eigenvalue weighted by atomic mass is 16.5. The molecule has 0 aliphatic heterocycles. The molecule has 0 bridgehead atoms. The lowest BCUT2D eigenvalue weighted by Crippen LogP contribution is -2.23. The zero-order chi connectivity index (χ0) is 13.0. The van der Waals surface area contributed by atoms with Gasteiger partial charge in [-0.1, -0.05) is 31.2 Å². The van der Waals surface area contributed by atoms with Crippen LogP contribution in [-0.2, 0) is 4.74 Å². The van der Waals surface area contributed by atoms with E-state index in [1.165, 1.54) is 0 Å². The molecule has 0 aliphatic rings. The van der Waals surface area contributed by atoms with Crippen molar-refractivity contribution in [1.82, 2.24) is 0 Å². The molecule has 18 heavy (non-hydrogen) atoms. The van der Waals surface area contributed by atoms with Crippen LogP contribution in [0.25, 0.3) is 10.8 Å². The number of hydrogen-bond donors (Lipinski definition) is 2. The van der Waals surface area contributed by atoms with Crippen molar-refractivity contribution in [2.24, 2.45) is 0 Å². The molecule has 0 aliphatic carbocycles. The van der Waals surface area contributed by atoms with Crippen molar-refractivity contribution in [2.75, 3.05) is 19.0 Å². The summed E-state index contributed by atoms with van der Waals surface area (Å²) in [7, 11) is 1.71. The number of phenols is 1. The Balaban J connectivity index is 2.36. The molecule has 0 amide bonds. The van der Waals surface area contributed by atoms with Gasteiger partial charge in [0.05, 0.1) is 6.61 Å². The Labute approximate surface area is 107 Å². The summed E-state index contributed by atoms with van der Waals surface area (Å²) in [5.41, 5.74) is 1.03. The van der Waals surface area contributed by atoms with Crippen LogP contribution < -0.4 is 5.32 Å².